The Bertz CT molecular complexity index is 488. The quantitative estimate of drug-likeness (QED) is 0.919. The van der Waals surface area contributed by atoms with E-state index in [-0.39, 0.29) is 11.4 Å². The first kappa shape index (κ1) is 14.9. The smallest absolute Gasteiger partial charge is 0.261 e. The van der Waals surface area contributed by atoms with Gasteiger partial charge in [-0.05, 0) is 70.6 Å². The standard InChI is InChI=1S/C17H25NO2/c1-12(16(19)18-17(2,3)4)20-15-11-7-9-13-8-5-6-10-14(13)15/h7,9,11-12H,5-6,8,10H2,1-4H3,(H,18,19). The number of fused-ring (bicyclic) bond motifs is 1. The van der Waals surface area contributed by atoms with Crippen molar-refractivity contribution in [2.75, 3.05) is 0 Å². The first-order chi connectivity index (χ1) is 9.37. The second-order valence-corrected chi connectivity index (χ2v) is 6.60. The van der Waals surface area contributed by atoms with Crippen molar-refractivity contribution in [3.05, 3.63) is 29.3 Å². The number of carbonyl (C=O) groups excluding carboxylic acids is 1. The van der Waals surface area contributed by atoms with Gasteiger partial charge in [0.05, 0.1) is 0 Å². The van der Waals surface area contributed by atoms with Gasteiger partial charge in [0.25, 0.3) is 5.91 Å². The van der Waals surface area contributed by atoms with Crippen LogP contribution in [0.25, 0.3) is 0 Å². The molecule has 1 aromatic rings. The molecule has 1 N–H and O–H groups in total. The van der Waals surface area contributed by atoms with Crippen LogP contribution in [-0.2, 0) is 17.6 Å². The molecular weight excluding hydrogens is 250 g/mol. The number of carbonyl (C=O) groups is 1. The molecule has 0 saturated heterocycles. The number of amides is 1. The predicted octanol–water partition coefficient (Wildman–Crippen LogP) is 3.25. The van der Waals surface area contributed by atoms with Crippen LogP contribution in [0.4, 0.5) is 0 Å². The Morgan fingerprint density at radius 3 is 2.65 bits per heavy atom. The lowest BCUT2D eigenvalue weighted by Gasteiger charge is -2.25. The zero-order valence-electron chi connectivity index (χ0n) is 13.0. The summed E-state index contributed by atoms with van der Waals surface area (Å²) in [6.45, 7) is 7.73. The lowest BCUT2D eigenvalue weighted by molar-refractivity contribution is -0.128. The summed E-state index contributed by atoms with van der Waals surface area (Å²) in [5.74, 6) is 0.810. The molecule has 20 heavy (non-hydrogen) atoms. The molecule has 1 amide bonds. The van der Waals surface area contributed by atoms with Crippen LogP contribution in [0.1, 0.15) is 51.7 Å². The van der Waals surface area contributed by atoms with Crippen molar-refractivity contribution in [1.29, 1.82) is 0 Å². The fourth-order valence-corrected chi connectivity index (χ4v) is 2.57. The molecule has 1 aliphatic rings. The lowest BCUT2D eigenvalue weighted by Crippen LogP contribution is -2.46. The maximum atomic E-state index is 12.1. The Morgan fingerprint density at radius 1 is 1.25 bits per heavy atom. The molecule has 3 heteroatoms. The van der Waals surface area contributed by atoms with Crippen LogP contribution in [0.2, 0.25) is 0 Å². The molecular formula is C17H25NO2. The summed E-state index contributed by atoms with van der Waals surface area (Å²) in [5.41, 5.74) is 2.43. The molecule has 0 bridgehead atoms. The monoisotopic (exact) mass is 275 g/mol. The minimum Gasteiger partial charge on any atom is -0.481 e. The van der Waals surface area contributed by atoms with Crippen molar-refractivity contribution in [3.63, 3.8) is 0 Å². The van der Waals surface area contributed by atoms with Gasteiger partial charge in [-0.1, -0.05) is 12.1 Å². The minimum atomic E-state index is -0.470. The zero-order valence-corrected chi connectivity index (χ0v) is 13.0. The van der Waals surface area contributed by atoms with E-state index in [4.69, 9.17) is 4.74 Å². The summed E-state index contributed by atoms with van der Waals surface area (Å²) in [5, 5.41) is 2.96. The topological polar surface area (TPSA) is 38.3 Å². The average molecular weight is 275 g/mol. The third-order valence-electron chi connectivity index (χ3n) is 3.52. The Balaban J connectivity index is 2.08. The zero-order chi connectivity index (χ0) is 14.8. The highest BCUT2D eigenvalue weighted by Gasteiger charge is 2.22. The van der Waals surface area contributed by atoms with E-state index in [0.717, 1.165) is 18.6 Å². The minimum absolute atomic E-state index is 0.0640. The van der Waals surface area contributed by atoms with E-state index in [1.54, 1.807) is 0 Å². The Morgan fingerprint density at radius 2 is 1.95 bits per heavy atom. The normalized spacial score (nSPS) is 16.2. The molecule has 1 aliphatic carbocycles. The van der Waals surface area contributed by atoms with Crippen LogP contribution in [0, 0.1) is 0 Å². The highest BCUT2D eigenvalue weighted by molar-refractivity contribution is 5.81. The Hall–Kier alpha value is -1.51. The third-order valence-corrected chi connectivity index (χ3v) is 3.52. The fraction of sp³-hybridized carbons (Fsp3) is 0.588. The van der Waals surface area contributed by atoms with E-state index < -0.39 is 6.10 Å². The van der Waals surface area contributed by atoms with Gasteiger partial charge in [0, 0.05) is 5.54 Å². The van der Waals surface area contributed by atoms with Gasteiger partial charge in [-0.25, -0.2) is 0 Å². The molecule has 1 atom stereocenters. The molecule has 1 aromatic carbocycles. The largest absolute Gasteiger partial charge is 0.481 e. The summed E-state index contributed by atoms with van der Waals surface area (Å²) in [6, 6.07) is 6.17. The van der Waals surface area contributed by atoms with E-state index in [0.29, 0.717) is 0 Å². The van der Waals surface area contributed by atoms with Crippen molar-refractivity contribution >= 4 is 5.91 Å². The maximum Gasteiger partial charge on any atom is 0.261 e. The van der Waals surface area contributed by atoms with Crippen LogP contribution >= 0.6 is 0 Å². The van der Waals surface area contributed by atoms with Crippen molar-refractivity contribution in [2.45, 2.75) is 65.0 Å². The lowest BCUT2D eigenvalue weighted by atomic mass is 9.91. The third kappa shape index (κ3) is 3.75. The van der Waals surface area contributed by atoms with Gasteiger partial charge in [0.2, 0.25) is 0 Å². The van der Waals surface area contributed by atoms with Crippen molar-refractivity contribution in [3.8, 4) is 5.75 Å². The fourth-order valence-electron chi connectivity index (χ4n) is 2.57. The van der Waals surface area contributed by atoms with Crippen LogP contribution in [0.3, 0.4) is 0 Å². The molecule has 0 spiro atoms. The van der Waals surface area contributed by atoms with Crippen LogP contribution < -0.4 is 10.1 Å². The van der Waals surface area contributed by atoms with Crippen LogP contribution in [0.5, 0.6) is 5.75 Å². The number of ether oxygens (including phenoxy) is 1. The molecule has 0 radical (unpaired) electrons. The summed E-state index contributed by atoms with van der Waals surface area (Å²) >= 11 is 0. The highest BCUT2D eigenvalue weighted by atomic mass is 16.5. The van der Waals surface area contributed by atoms with Gasteiger partial charge in [0.15, 0.2) is 6.10 Å². The van der Waals surface area contributed by atoms with Gasteiger partial charge >= 0.3 is 0 Å². The second kappa shape index (κ2) is 5.86. The molecule has 0 saturated carbocycles. The van der Waals surface area contributed by atoms with E-state index >= 15 is 0 Å². The van der Waals surface area contributed by atoms with Crippen molar-refractivity contribution in [2.24, 2.45) is 0 Å². The summed E-state index contributed by atoms with van der Waals surface area (Å²) in [7, 11) is 0. The molecule has 0 heterocycles. The number of aryl methyl sites for hydroxylation is 1. The molecule has 0 aliphatic heterocycles. The van der Waals surface area contributed by atoms with E-state index in [1.807, 2.05) is 39.8 Å². The SMILES string of the molecule is CC(Oc1cccc2c1CCCC2)C(=O)NC(C)(C)C. The first-order valence-corrected chi connectivity index (χ1v) is 7.46. The summed E-state index contributed by atoms with van der Waals surface area (Å²) in [4.78, 5) is 12.1. The number of benzene rings is 1. The van der Waals surface area contributed by atoms with Gasteiger partial charge in [-0.15, -0.1) is 0 Å². The number of hydrogen-bond acceptors (Lipinski definition) is 2. The molecule has 0 fully saturated rings. The molecule has 2 rings (SSSR count). The van der Waals surface area contributed by atoms with Crippen LogP contribution in [-0.4, -0.2) is 17.6 Å². The molecule has 1 unspecified atom stereocenters. The van der Waals surface area contributed by atoms with Crippen molar-refractivity contribution < 1.29 is 9.53 Å². The van der Waals surface area contributed by atoms with E-state index in [9.17, 15) is 4.79 Å². The number of nitrogens with one attached hydrogen (secondary N) is 1. The second-order valence-electron chi connectivity index (χ2n) is 6.60. The van der Waals surface area contributed by atoms with Gasteiger partial charge in [-0.2, -0.15) is 0 Å². The molecule has 110 valence electrons. The predicted molar refractivity (Wildman–Crippen MR) is 81.1 cm³/mol. The van der Waals surface area contributed by atoms with Crippen LogP contribution in [0.15, 0.2) is 18.2 Å². The summed E-state index contributed by atoms with van der Waals surface area (Å²) in [6.07, 6.45) is 4.16. The van der Waals surface area contributed by atoms with Crippen molar-refractivity contribution in [1.82, 2.24) is 5.32 Å². The van der Waals surface area contributed by atoms with Gasteiger partial charge in [-0.3, -0.25) is 4.79 Å². The highest BCUT2D eigenvalue weighted by Crippen LogP contribution is 2.30. The number of rotatable bonds is 3. The van der Waals surface area contributed by atoms with Gasteiger partial charge < -0.3 is 10.1 Å². The Kier molecular flexibility index (Phi) is 4.36. The first-order valence-electron chi connectivity index (χ1n) is 7.46. The summed E-state index contributed by atoms with van der Waals surface area (Å²) < 4.78 is 5.91. The number of hydrogen-bond donors (Lipinski definition) is 1. The molecule has 3 nitrogen and oxygen atoms in total. The molecule has 0 aromatic heterocycles. The Labute approximate surface area is 121 Å². The average Bonchev–Trinajstić information content (AvgIpc) is 2.37. The van der Waals surface area contributed by atoms with E-state index in [1.165, 1.54) is 24.0 Å². The van der Waals surface area contributed by atoms with Gasteiger partial charge in [0.1, 0.15) is 5.75 Å². The van der Waals surface area contributed by atoms with E-state index in [2.05, 4.69) is 11.4 Å². The maximum absolute atomic E-state index is 12.1.